The van der Waals surface area contributed by atoms with Gasteiger partial charge in [0.05, 0.1) is 18.6 Å². The second-order valence-corrected chi connectivity index (χ2v) is 2.64. The summed E-state index contributed by atoms with van der Waals surface area (Å²) < 4.78 is 0. The zero-order valence-corrected chi connectivity index (χ0v) is 7.07. The van der Waals surface area contributed by atoms with Crippen LogP contribution in [0.1, 0.15) is 23.7 Å². The summed E-state index contributed by atoms with van der Waals surface area (Å²) in [5.74, 6) is 2.48. The first-order valence-corrected chi connectivity index (χ1v) is 3.89. The normalized spacial score (nSPS) is 11.3. The molecule has 0 aliphatic heterocycles. The number of rotatable bonds is 2. The van der Waals surface area contributed by atoms with Crippen molar-refractivity contribution in [2.45, 2.75) is 12.5 Å². The van der Waals surface area contributed by atoms with Gasteiger partial charge >= 0.3 is 0 Å². The van der Waals surface area contributed by atoms with Crippen molar-refractivity contribution in [2.24, 2.45) is 0 Å². The monoisotopic (exact) mass is 171 g/mol. The van der Waals surface area contributed by atoms with E-state index in [0.29, 0.717) is 0 Å². The van der Waals surface area contributed by atoms with Crippen LogP contribution < -0.4 is 0 Å². The Hall–Kier alpha value is -1.77. The van der Waals surface area contributed by atoms with Gasteiger partial charge in [-0.05, 0) is 17.7 Å². The van der Waals surface area contributed by atoms with Crippen molar-refractivity contribution in [3.8, 4) is 18.4 Å². The van der Waals surface area contributed by atoms with Gasteiger partial charge in [-0.1, -0.05) is 18.1 Å². The molecular weight excluding hydrogens is 162 g/mol. The number of hydrogen-bond acceptors (Lipinski definition) is 2. The van der Waals surface area contributed by atoms with Crippen molar-refractivity contribution in [3.05, 3.63) is 35.4 Å². The van der Waals surface area contributed by atoms with E-state index in [1.165, 1.54) is 0 Å². The molecule has 1 atom stereocenters. The van der Waals surface area contributed by atoms with Crippen LogP contribution >= 0.6 is 0 Å². The Labute approximate surface area is 77.4 Å². The number of aliphatic hydroxyl groups is 1. The predicted octanol–water partition coefficient (Wildman–Crippen LogP) is 1.61. The molecule has 2 nitrogen and oxygen atoms in total. The molecule has 0 saturated heterocycles. The molecule has 1 aromatic carbocycles. The first-order valence-electron chi connectivity index (χ1n) is 3.89. The second-order valence-electron chi connectivity index (χ2n) is 2.64. The first kappa shape index (κ1) is 9.32. The molecule has 0 saturated carbocycles. The Morgan fingerprint density at radius 1 is 1.38 bits per heavy atom. The standard InChI is InChI=1S/C11H9NO/c1-2-9-3-5-10(6-4-9)11(13)7-8-12/h1,3-6,11,13H,7H2. The van der Waals surface area contributed by atoms with Crippen LogP contribution in [0.4, 0.5) is 0 Å². The Morgan fingerprint density at radius 2 is 2.00 bits per heavy atom. The average Bonchev–Trinajstić information content (AvgIpc) is 2.18. The molecule has 0 heterocycles. The summed E-state index contributed by atoms with van der Waals surface area (Å²) in [5, 5.41) is 17.8. The number of hydrogen-bond donors (Lipinski definition) is 1. The minimum absolute atomic E-state index is 0.107. The Kier molecular flexibility index (Phi) is 3.09. The number of nitriles is 1. The Morgan fingerprint density at radius 3 is 2.46 bits per heavy atom. The summed E-state index contributed by atoms with van der Waals surface area (Å²) in [5.41, 5.74) is 1.49. The van der Waals surface area contributed by atoms with Crippen LogP contribution in [0, 0.1) is 23.7 Å². The van der Waals surface area contributed by atoms with Gasteiger partial charge in [-0.2, -0.15) is 5.26 Å². The fourth-order valence-corrected chi connectivity index (χ4v) is 1.01. The predicted molar refractivity (Wildman–Crippen MR) is 49.6 cm³/mol. The van der Waals surface area contributed by atoms with Crippen LogP contribution in [0.5, 0.6) is 0 Å². The molecule has 1 rings (SSSR count). The van der Waals surface area contributed by atoms with Crippen molar-refractivity contribution >= 4 is 0 Å². The van der Waals surface area contributed by atoms with Gasteiger partial charge in [0.15, 0.2) is 0 Å². The maximum absolute atomic E-state index is 9.41. The molecule has 0 bridgehead atoms. The Bertz CT molecular complexity index is 353. The molecule has 1 N–H and O–H groups in total. The molecule has 1 unspecified atom stereocenters. The third kappa shape index (κ3) is 2.33. The number of benzene rings is 1. The third-order valence-electron chi connectivity index (χ3n) is 1.75. The summed E-state index contributed by atoms with van der Waals surface area (Å²) in [6, 6.07) is 8.86. The lowest BCUT2D eigenvalue weighted by atomic mass is 10.1. The summed E-state index contributed by atoms with van der Waals surface area (Å²) in [6.07, 6.45) is 4.57. The summed E-state index contributed by atoms with van der Waals surface area (Å²) >= 11 is 0. The summed E-state index contributed by atoms with van der Waals surface area (Å²) in [4.78, 5) is 0. The van der Waals surface area contributed by atoms with Crippen LogP contribution in [0.2, 0.25) is 0 Å². The van der Waals surface area contributed by atoms with Gasteiger partial charge < -0.3 is 5.11 Å². The topological polar surface area (TPSA) is 44.0 Å². The van der Waals surface area contributed by atoms with Gasteiger partial charge in [-0.3, -0.25) is 0 Å². The van der Waals surface area contributed by atoms with Gasteiger partial charge in [0, 0.05) is 5.56 Å². The van der Waals surface area contributed by atoms with E-state index in [1.54, 1.807) is 24.3 Å². The molecule has 0 aliphatic rings. The van der Waals surface area contributed by atoms with E-state index in [9.17, 15) is 5.11 Å². The van der Waals surface area contributed by atoms with E-state index in [4.69, 9.17) is 11.7 Å². The molecule has 0 aromatic heterocycles. The van der Waals surface area contributed by atoms with E-state index in [-0.39, 0.29) is 6.42 Å². The van der Waals surface area contributed by atoms with Crippen LogP contribution in [0.3, 0.4) is 0 Å². The van der Waals surface area contributed by atoms with E-state index in [0.717, 1.165) is 11.1 Å². The molecule has 2 heteroatoms. The molecule has 0 fully saturated rings. The molecule has 0 aliphatic carbocycles. The third-order valence-corrected chi connectivity index (χ3v) is 1.75. The number of aliphatic hydroxyl groups excluding tert-OH is 1. The zero-order valence-electron chi connectivity index (χ0n) is 7.07. The SMILES string of the molecule is C#Cc1ccc(C(O)CC#N)cc1. The highest BCUT2D eigenvalue weighted by atomic mass is 16.3. The van der Waals surface area contributed by atoms with Crippen LogP contribution in [0.25, 0.3) is 0 Å². The lowest BCUT2D eigenvalue weighted by molar-refractivity contribution is 0.183. The lowest BCUT2D eigenvalue weighted by Crippen LogP contribution is -1.95. The second kappa shape index (κ2) is 4.30. The van der Waals surface area contributed by atoms with Crippen molar-refractivity contribution in [2.75, 3.05) is 0 Å². The smallest absolute Gasteiger partial charge is 0.0919 e. The number of terminal acetylenes is 1. The summed E-state index contributed by atoms with van der Waals surface area (Å²) in [6.45, 7) is 0. The van der Waals surface area contributed by atoms with Crippen molar-refractivity contribution in [3.63, 3.8) is 0 Å². The van der Waals surface area contributed by atoms with Crippen molar-refractivity contribution < 1.29 is 5.11 Å². The van der Waals surface area contributed by atoms with Gasteiger partial charge in [0.1, 0.15) is 0 Å². The van der Waals surface area contributed by atoms with Crippen LogP contribution in [-0.4, -0.2) is 5.11 Å². The molecule has 1 aromatic rings. The van der Waals surface area contributed by atoms with E-state index in [2.05, 4.69) is 5.92 Å². The maximum atomic E-state index is 9.41. The molecule has 0 radical (unpaired) electrons. The van der Waals surface area contributed by atoms with E-state index < -0.39 is 6.10 Å². The fraction of sp³-hybridized carbons (Fsp3) is 0.182. The van der Waals surface area contributed by atoms with E-state index >= 15 is 0 Å². The van der Waals surface area contributed by atoms with Crippen LogP contribution in [0.15, 0.2) is 24.3 Å². The molecule has 0 amide bonds. The minimum atomic E-state index is -0.711. The van der Waals surface area contributed by atoms with Gasteiger partial charge in [-0.15, -0.1) is 6.42 Å². The largest absolute Gasteiger partial charge is 0.387 e. The molecule has 13 heavy (non-hydrogen) atoms. The Balaban J connectivity index is 2.82. The molecule has 64 valence electrons. The molecule has 0 spiro atoms. The lowest BCUT2D eigenvalue weighted by Gasteiger charge is -2.05. The first-order chi connectivity index (χ1) is 6.27. The van der Waals surface area contributed by atoms with Crippen molar-refractivity contribution in [1.82, 2.24) is 0 Å². The summed E-state index contributed by atoms with van der Waals surface area (Å²) in [7, 11) is 0. The number of nitrogens with zero attached hydrogens (tertiary/aromatic N) is 1. The van der Waals surface area contributed by atoms with E-state index in [1.807, 2.05) is 6.07 Å². The highest BCUT2D eigenvalue weighted by Gasteiger charge is 2.05. The highest BCUT2D eigenvalue weighted by molar-refractivity contribution is 5.34. The van der Waals surface area contributed by atoms with Gasteiger partial charge in [0.25, 0.3) is 0 Å². The van der Waals surface area contributed by atoms with Crippen LogP contribution in [-0.2, 0) is 0 Å². The van der Waals surface area contributed by atoms with Gasteiger partial charge in [-0.25, -0.2) is 0 Å². The minimum Gasteiger partial charge on any atom is -0.387 e. The van der Waals surface area contributed by atoms with Gasteiger partial charge in [0.2, 0.25) is 0 Å². The van der Waals surface area contributed by atoms with Crippen molar-refractivity contribution in [1.29, 1.82) is 5.26 Å². The zero-order chi connectivity index (χ0) is 9.68. The average molecular weight is 171 g/mol. The molecular formula is C11H9NO. The quantitative estimate of drug-likeness (QED) is 0.687. The maximum Gasteiger partial charge on any atom is 0.0919 e. The highest BCUT2D eigenvalue weighted by Crippen LogP contribution is 2.15. The fourth-order valence-electron chi connectivity index (χ4n) is 1.01.